The number of hydrogen-bond donors (Lipinski definition) is 0. The fourth-order valence-electron chi connectivity index (χ4n) is 3.62. The largest absolute Gasteiger partial charge is 0.342 e. The van der Waals surface area contributed by atoms with Crippen molar-refractivity contribution in [3.8, 4) is 0 Å². The summed E-state index contributed by atoms with van der Waals surface area (Å²) >= 11 is 0. The zero-order valence-corrected chi connectivity index (χ0v) is 18.0. The van der Waals surface area contributed by atoms with Gasteiger partial charge in [0.05, 0.1) is 13.2 Å². The number of nitrogens with zero attached hydrogens (tertiary/aromatic N) is 2. The van der Waals surface area contributed by atoms with Gasteiger partial charge in [0, 0.05) is 0 Å². The fourth-order valence-corrected chi connectivity index (χ4v) is 3.62. The maximum Gasteiger partial charge on any atom is 0.245 e. The smallest absolute Gasteiger partial charge is 0.245 e. The van der Waals surface area contributed by atoms with Crippen LogP contribution in [0.25, 0.3) is 0 Å². The van der Waals surface area contributed by atoms with E-state index in [4.69, 9.17) is 4.74 Å². The molecule has 0 unspecified atom stereocenters. The molecule has 0 saturated heterocycles. The Labute approximate surface area is 172 Å². The van der Waals surface area contributed by atoms with E-state index in [1.54, 1.807) is 0 Å². The molecule has 0 aliphatic rings. The van der Waals surface area contributed by atoms with E-state index in [-0.39, 0.29) is 0 Å². The molecule has 1 heterocycles. The molecule has 3 heteroatoms. The molecule has 0 fully saturated rings. The zero-order valence-electron chi connectivity index (χ0n) is 18.0. The molecule has 1 aromatic carbocycles. The maximum absolute atomic E-state index is 5.81. The van der Waals surface area contributed by atoms with Gasteiger partial charge >= 0.3 is 0 Å². The van der Waals surface area contributed by atoms with E-state index in [1.807, 2.05) is 0 Å². The lowest BCUT2D eigenvalue weighted by Crippen LogP contribution is -2.32. The van der Waals surface area contributed by atoms with Gasteiger partial charge < -0.3 is 4.74 Å². The van der Waals surface area contributed by atoms with Gasteiger partial charge in [0.25, 0.3) is 0 Å². The second-order valence-electron chi connectivity index (χ2n) is 7.97. The first-order valence-electron chi connectivity index (χ1n) is 11.5. The SMILES string of the molecule is CCCCCCCCCCCCn1cc[n+](COCCCc2ccccc2)c1. The Morgan fingerprint density at radius 1 is 0.821 bits per heavy atom. The molecule has 2 aromatic rings. The molecule has 0 saturated carbocycles. The summed E-state index contributed by atoms with van der Waals surface area (Å²) < 4.78 is 10.2. The predicted molar refractivity (Wildman–Crippen MR) is 117 cm³/mol. The summed E-state index contributed by atoms with van der Waals surface area (Å²) in [7, 11) is 0. The first-order valence-corrected chi connectivity index (χ1v) is 11.5. The van der Waals surface area contributed by atoms with Crippen LogP contribution in [0.5, 0.6) is 0 Å². The van der Waals surface area contributed by atoms with Crippen LogP contribution in [0.4, 0.5) is 0 Å². The van der Waals surface area contributed by atoms with E-state index >= 15 is 0 Å². The Morgan fingerprint density at radius 3 is 2.21 bits per heavy atom. The first kappa shape index (κ1) is 22.7. The van der Waals surface area contributed by atoms with Crippen molar-refractivity contribution >= 4 is 0 Å². The number of unbranched alkanes of at least 4 members (excludes halogenated alkanes) is 9. The quantitative estimate of drug-likeness (QED) is 0.231. The average molecular weight is 386 g/mol. The van der Waals surface area contributed by atoms with Gasteiger partial charge in [-0.05, 0) is 31.2 Å². The Hall–Kier alpha value is -1.61. The average Bonchev–Trinajstić information content (AvgIpc) is 3.17. The maximum atomic E-state index is 5.81. The minimum absolute atomic E-state index is 0.653. The minimum atomic E-state index is 0.653. The van der Waals surface area contributed by atoms with Crippen molar-refractivity contribution in [1.29, 1.82) is 0 Å². The van der Waals surface area contributed by atoms with Crippen LogP contribution in [0.3, 0.4) is 0 Å². The van der Waals surface area contributed by atoms with Crippen LogP contribution < -0.4 is 4.57 Å². The zero-order chi connectivity index (χ0) is 19.7. The molecule has 0 aliphatic heterocycles. The third-order valence-electron chi connectivity index (χ3n) is 5.35. The van der Waals surface area contributed by atoms with E-state index in [0.717, 1.165) is 26.0 Å². The van der Waals surface area contributed by atoms with Crippen molar-refractivity contribution in [3.05, 3.63) is 54.6 Å². The lowest BCUT2D eigenvalue weighted by Gasteiger charge is -2.02. The van der Waals surface area contributed by atoms with Gasteiger partial charge in [-0.1, -0.05) is 88.6 Å². The van der Waals surface area contributed by atoms with Crippen molar-refractivity contribution in [2.24, 2.45) is 0 Å². The third kappa shape index (κ3) is 10.7. The molecule has 0 atom stereocenters. The normalized spacial score (nSPS) is 11.2. The molecule has 0 amide bonds. The highest BCUT2D eigenvalue weighted by Gasteiger charge is 2.03. The summed E-state index contributed by atoms with van der Waals surface area (Å²) in [5.74, 6) is 0. The van der Waals surface area contributed by atoms with Crippen molar-refractivity contribution < 1.29 is 9.30 Å². The van der Waals surface area contributed by atoms with Crippen LogP contribution in [-0.4, -0.2) is 11.2 Å². The molecule has 156 valence electrons. The molecule has 2 rings (SSSR count). The highest BCUT2D eigenvalue weighted by atomic mass is 16.5. The van der Waals surface area contributed by atoms with Gasteiger partial charge in [-0.2, -0.15) is 0 Å². The second kappa shape index (κ2) is 15.3. The summed E-state index contributed by atoms with van der Waals surface area (Å²) in [6.07, 6.45) is 22.5. The van der Waals surface area contributed by atoms with Gasteiger partial charge in [0.15, 0.2) is 6.73 Å². The molecule has 3 nitrogen and oxygen atoms in total. The van der Waals surface area contributed by atoms with Gasteiger partial charge in [-0.15, -0.1) is 0 Å². The lowest BCUT2D eigenvalue weighted by molar-refractivity contribution is -0.732. The van der Waals surface area contributed by atoms with Crippen LogP contribution in [0.15, 0.2) is 49.1 Å². The van der Waals surface area contributed by atoms with Crippen molar-refractivity contribution in [1.82, 2.24) is 4.57 Å². The van der Waals surface area contributed by atoms with Crippen LogP contribution >= 0.6 is 0 Å². The van der Waals surface area contributed by atoms with Crippen molar-refractivity contribution in [2.45, 2.75) is 97.2 Å². The molecule has 28 heavy (non-hydrogen) atoms. The van der Waals surface area contributed by atoms with Gasteiger partial charge in [-0.25, -0.2) is 9.13 Å². The number of aryl methyl sites for hydroxylation is 2. The topological polar surface area (TPSA) is 18.0 Å². The Morgan fingerprint density at radius 2 is 1.50 bits per heavy atom. The Kier molecular flexibility index (Phi) is 12.4. The first-order chi connectivity index (χ1) is 13.9. The van der Waals surface area contributed by atoms with Crippen molar-refractivity contribution in [2.75, 3.05) is 6.61 Å². The van der Waals surface area contributed by atoms with E-state index in [2.05, 4.69) is 65.1 Å². The third-order valence-corrected chi connectivity index (χ3v) is 5.35. The summed E-state index contributed by atoms with van der Waals surface area (Å²) in [5, 5.41) is 0. The Balaban J connectivity index is 1.43. The van der Waals surface area contributed by atoms with Gasteiger partial charge in [0.1, 0.15) is 12.4 Å². The van der Waals surface area contributed by atoms with Crippen LogP contribution in [-0.2, 0) is 24.4 Å². The van der Waals surface area contributed by atoms with Crippen LogP contribution in [0.2, 0.25) is 0 Å². The number of benzene rings is 1. The predicted octanol–water partition coefficient (Wildman–Crippen LogP) is 6.30. The summed E-state index contributed by atoms with van der Waals surface area (Å²) in [5.41, 5.74) is 1.39. The van der Waals surface area contributed by atoms with Gasteiger partial charge in [-0.3, -0.25) is 0 Å². The van der Waals surface area contributed by atoms with E-state index in [1.165, 1.54) is 69.8 Å². The summed E-state index contributed by atoms with van der Waals surface area (Å²) in [6.45, 7) is 4.87. The summed E-state index contributed by atoms with van der Waals surface area (Å²) in [6, 6.07) is 10.6. The monoisotopic (exact) mass is 385 g/mol. The molecule has 0 N–H and O–H groups in total. The van der Waals surface area contributed by atoms with Crippen LogP contribution in [0, 0.1) is 0 Å². The second-order valence-corrected chi connectivity index (χ2v) is 7.97. The Bertz CT molecular complexity index is 594. The molecule has 0 spiro atoms. The fraction of sp³-hybridized carbons (Fsp3) is 0.640. The number of aromatic nitrogens is 2. The number of hydrogen-bond acceptors (Lipinski definition) is 1. The standard InChI is InChI=1S/C25H41N2O/c1-2-3-4-5-6-7-8-9-10-14-19-26-20-21-27(23-26)24-28-22-15-18-25-16-12-11-13-17-25/h11-13,16-17,20-21,23H,2-10,14-15,18-19,22,24H2,1H3/q+1. The number of ether oxygens (including phenoxy) is 1. The number of imidazole rings is 1. The molecular formula is C25H41N2O+. The van der Waals surface area contributed by atoms with E-state index in [9.17, 15) is 0 Å². The molecule has 0 bridgehead atoms. The number of rotatable bonds is 17. The molecule has 1 aromatic heterocycles. The molecule has 0 aliphatic carbocycles. The van der Waals surface area contributed by atoms with Crippen LogP contribution in [0.1, 0.15) is 83.1 Å². The highest BCUT2D eigenvalue weighted by Crippen LogP contribution is 2.10. The van der Waals surface area contributed by atoms with E-state index < -0.39 is 0 Å². The van der Waals surface area contributed by atoms with Gasteiger partial charge in [0.2, 0.25) is 6.33 Å². The summed E-state index contributed by atoms with van der Waals surface area (Å²) in [4.78, 5) is 0. The minimum Gasteiger partial charge on any atom is -0.342 e. The molecule has 0 radical (unpaired) electrons. The molecular weight excluding hydrogens is 344 g/mol. The van der Waals surface area contributed by atoms with E-state index in [0.29, 0.717) is 6.73 Å². The lowest BCUT2D eigenvalue weighted by atomic mass is 10.1. The van der Waals surface area contributed by atoms with Crippen molar-refractivity contribution in [3.63, 3.8) is 0 Å². The highest BCUT2D eigenvalue weighted by molar-refractivity contribution is 5.14.